The Balaban J connectivity index is 1.70. The molecule has 0 bridgehead atoms. The first-order chi connectivity index (χ1) is 12.6. The van der Waals surface area contributed by atoms with E-state index in [0.717, 1.165) is 42.8 Å². The van der Waals surface area contributed by atoms with E-state index in [1.807, 2.05) is 31.2 Å². The minimum absolute atomic E-state index is 0.0591. The number of carbonyl (C=O) groups excluding carboxylic acids is 1. The van der Waals surface area contributed by atoms with Gasteiger partial charge in [0.2, 0.25) is 5.91 Å². The zero-order valence-electron chi connectivity index (χ0n) is 15.9. The number of rotatable bonds is 6. The van der Waals surface area contributed by atoms with Crippen molar-refractivity contribution in [2.75, 3.05) is 25.5 Å². The Morgan fingerprint density at radius 1 is 1.27 bits per heavy atom. The predicted octanol–water partition coefficient (Wildman–Crippen LogP) is 4.34. The van der Waals surface area contributed by atoms with Gasteiger partial charge in [-0.25, -0.2) is 0 Å². The molecule has 4 heteroatoms. The topological polar surface area (TPSA) is 41.6 Å². The van der Waals surface area contributed by atoms with Gasteiger partial charge in [-0.2, -0.15) is 0 Å². The second-order valence-electron chi connectivity index (χ2n) is 6.92. The van der Waals surface area contributed by atoms with Crippen LogP contribution in [0.1, 0.15) is 42.5 Å². The Morgan fingerprint density at radius 2 is 2.08 bits per heavy atom. The summed E-state index contributed by atoms with van der Waals surface area (Å²) in [5, 5.41) is 3.15. The average molecular weight is 352 g/mol. The number of hydrogen-bond donors (Lipinski definition) is 1. The van der Waals surface area contributed by atoms with Crippen LogP contribution in [0.4, 0.5) is 5.69 Å². The van der Waals surface area contributed by atoms with Crippen LogP contribution in [0.15, 0.2) is 42.5 Å². The quantitative estimate of drug-likeness (QED) is 0.841. The molecule has 0 saturated carbocycles. The largest absolute Gasteiger partial charge is 0.497 e. The van der Waals surface area contributed by atoms with Crippen molar-refractivity contribution in [2.24, 2.45) is 0 Å². The number of aryl methyl sites for hydroxylation is 2. The van der Waals surface area contributed by atoms with Crippen LogP contribution in [0.2, 0.25) is 0 Å². The van der Waals surface area contributed by atoms with E-state index in [1.165, 1.54) is 11.1 Å². The fraction of sp³-hybridized carbons (Fsp3) is 0.409. The summed E-state index contributed by atoms with van der Waals surface area (Å²) in [6.45, 7) is 5.52. The molecule has 1 atom stereocenters. The van der Waals surface area contributed by atoms with E-state index < -0.39 is 0 Å². The molecular formula is C22H28N2O2. The van der Waals surface area contributed by atoms with Crippen LogP contribution in [-0.4, -0.2) is 31.0 Å². The number of nitrogens with zero attached hydrogens (tertiary/aromatic N) is 1. The zero-order chi connectivity index (χ0) is 18.5. The van der Waals surface area contributed by atoms with E-state index in [0.29, 0.717) is 6.54 Å². The summed E-state index contributed by atoms with van der Waals surface area (Å²) in [7, 11) is 1.69. The smallest absolute Gasteiger partial charge is 0.238 e. The molecule has 4 nitrogen and oxygen atoms in total. The van der Waals surface area contributed by atoms with Gasteiger partial charge < -0.3 is 10.1 Å². The molecule has 1 heterocycles. The number of anilines is 1. The number of ether oxygens (including phenoxy) is 1. The minimum atomic E-state index is 0.0591. The second kappa shape index (κ2) is 8.37. The van der Waals surface area contributed by atoms with Crippen LogP contribution in [0.3, 0.4) is 0 Å². The molecule has 1 unspecified atom stereocenters. The highest BCUT2D eigenvalue weighted by Gasteiger charge is 2.28. The Kier molecular flexibility index (Phi) is 5.94. The summed E-state index contributed by atoms with van der Waals surface area (Å²) < 4.78 is 5.35. The number of carbonyl (C=O) groups is 1. The normalized spacial score (nSPS) is 17.3. The highest BCUT2D eigenvalue weighted by Crippen LogP contribution is 2.33. The van der Waals surface area contributed by atoms with Gasteiger partial charge in [-0.3, -0.25) is 9.69 Å². The summed E-state index contributed by atoms with van der Waals surface area (Å²) in [5.41, 5.74) is 4.49. The Labute approximate surface area is 156 Å². The van der Waals surface area contributed by atoms with Crippen molar-refractivity contribution in [3.05, 3.63) is 59.2 Å². The van der Waals surface area contributed by atoms with Gasteiger partial charge in [0.1, 0.15) is 5.75 Å². The number of hydrogen-bond acceptors (Lipinski definition) is 3. The maximum absolute atomic E-state index is 12.7. The SMILES string of the molecule is CCc1cccc(C)c1NC(=O)CN1CCCC1c1cccc(OC)c1. The van der Waals surface area contributed by atoms with Crippen molar-refractivity contribution in [3.63, 3.8) is 0 Å². The lowest BCUT2D eigenvalue weighted by Gasteiger charge is -2.25. The third-order valence-electron chi connectivity index (χ3n) is 5.19. The molecular weight excluding hydrogens is 324 g/mol. The van der Waals surface area contributed by atoms with Gasteiger partial charge in [-0.05, 0) is 61.6 Å². The highest BCUT2D eigenvalue weighted by molar-refractivity contribution is 5.93. The molecule has 138 valence electrons. The van der Waals surface area contributed by atoms with Crippen LogP contribution < -0.4 is 10.1 Å². The van der Waals surface area contributed by atoms with E-state index >= 15 is 0 Å². The molecule has 2 aromatic carbocycles. The maximum atomic E-state index is 12.7. The molecule has 1 N–H and O–H groups in total. The Morgan fingerprint density at radius 3 is 2.85 bits per heavy atom. The van der Waals surface area contributed by atoms with Crippen LogP contribution in [0.25, 0.3) is 0 Å². The Bertz CT molecular complexity index is 772. The second-order valence-corrected chi connectivity index (χ2v) is 6.92. The molecule has 0 spiro atoms. The van der Waals surface area contributed by atoms with E-state index in [1.54, 1.807) is 7.11 Å². The molecule has 0 aliphatic carbocycles. The van der Waals surface area contributed by atoms with Gasteiger partial charge in [0, 0.05) is 11.7 Å². The van der Waals surface area contributed by atoms with Crippen molar-refractivity contribution in [2.45, 2.75) is 39.2 Å². The summed E-state index contributed by atoms with van der Waals surface area (Å²) in [5.74, 6) is 0.926. The van der Waals surface area contributed by atoms with Gasteiger partial charge in [-0.1, -0.05) is 37.3 Å². The number of nitrogens with one attached hydrogen (secondary N) is 1. The van der Waals surface area contributed by atoms with Gasteiger partial charge in [0.05, 0.1) is 13.7 Å². The number of amides is 1. The molecule has 1 aliphatic rings. The van der Waals surface area contributed by atoms with Crippen LogP contribution in [0, 0.1) is 6.92 Å². The maximum Gasteiger partial charge on any atom is 0.238 e. The van der Waals surface area contributed by atoms with Crippen LogP contribution in [0.5, 0.6) is 5.75 Å². The van der Waals surface area contributed by atoms with Crippen molar-refractivity contribution in [1.82, 2.24) is 4.90 Å². The van der Waals surface area contributed by atoms with Crippen molar-refractivity contribution >= 4 is 11.6 Å². The van der Waals surface area contributed by atoms with Crippen molar-refractivity contribution in [3.8, 4) is 5.75 Å². The molecule has 1 saturated heterocycles. The number of likely N-dealkylation sites (tertiary alicyclic amines) is 1. The fourth-order valence-electron chi connectivity index (χ4n) is 3.81. The van der Waals surface area contributed by atoms with Gasteiger partial charge in [0.25, 0.3) is 0 Å². The van der Waals surface area contributed by atoms with Crippen molar-refractivity contribution in [1.29, 1.82) is 0 Å². The Hall–Kier alpha value is -2.33. The molecule has 1 fully saturated rings. The molecule has 1 amide bonds. The molecule has 0 radical (unpaired) electrons. The number of para-hydroxylation sites is 1. The van der Waals surface area contributed by atoms with E-state index in [4.69, 9.17) is 4.74 Å². The van der Waals surface area contributed by atoms with Crippen LogP contribution >= 0.6 is 0 Å². The number of methoxy groups -OCH3 is 1. The molecule has 2 aromatic rings. The standard InChI is InChI=1S/C22H28N2O2/c1-4-17-9-5-8-16(2)22(17)23-21(25)15-24-13-7-12-20(24)18-10-6-11-19(14-18)26-3/h5-6,8-11,14,20H,4,7,12-13,15H2,1-3H3,(H,23,25). The first kappa shape index (κ1) is 18.5. The monoisotopic (exact) mass is 352 g/mol. The summed E-state index contributed by atoms with van der Waals surface area (Å²) in [6.07, 6.45) is 3.10. The molecule has 3 rings (SSSR count). The lowest BCUT2D eigenvalue weighted by atomic mass is 10.0. The first-order valence-corrected chi connectivity index (χ1v) is 9.38. The van der Waals surface area contributed by atoms with Gasteiger partial charge in [0.15, 0.2) is 0 Å². The van der Waals surface area contributed by atoms with Gasteiger partial charge >= 0.3 is 0 Å². The lowest BCUT2D eigenvalue weighted by molar-refractivity contribution is -0.117. The lowest BCUT2D eigenvalue weighted by Crippen LogP contribution is -2.33. The van der Waals surface area contributed by atoms with E-state index in [9.17, 15) is 4.79 Å². The zero-order valence-corrected chi connectivity index (χ0v) is 15.9. The summed E-state index contributed by atoms with van der Waals surface area (Å²) >= 11 is 0. The number of benzene rings is 2. The average Bonchev–Trinajstić information content (AvgIpc) is 3.11. The third kappa shape index (κ3) is 4.07. The first-order valence-electron chi connectivity index (χ1n) is 9.38. The minimum Gasteiger partial charge on any atom is -0.497 e. The summed E-state index contributed by atoms with van der Waals surface area (Å²) in [4.78, 5) is 15.0. The van der Waals surface area contributed by atoms with Crippen LogP contribution in [-0.2, 0) is 11.2 Å². The van der Waals surface area contributed by atoms with E-state index in [2.05, 4.69) is 35.3 Å². The van der Waals surface area contributed by atoms with Crippen molar-refractivity contribution < 1.29 is 9.53 Å². The molecule has 26 heavy (non-hydrogen) atoms. The predicted molar refractivity (Wildman–Crippen MR) is 106 cm³/mol. The fourth-order valence-corrected chi connectivity index (χ4v) is 3.81. The summed E-state index contributed by atoms with van der Waals surface area (Å²) in [6, 6.07) is 14.6. The molecule has 0 aromatic heterocycles. The molecule has 1 aliphatic heterocycles. The van der Waals surface area contributed by atoms with E-state index in [-0.39, 0.29) is 11.9 Å². The third-order valence-corrected chi connectivity index (χ3v) is 5.19. The highest BCUT2D eigenvalue weighted by atomic mass is 16.5. The van der Waals surface area contributed by atoms with Gasteiger partial charge in [-0.15, -0.1) is 0 Å².